The third-order valence-corrected chi connectivity index (χ3v) is 8.09. The molecule has 0 aliphatic carbocycles. The highest BCUT2D eigenvalue weighted by Crippen LogP contribution is 2.39. The van der Waals surface area contributed by atoms with Crippen LogP contribution in [0.15, 0.2) is 22.9 Å². The average molecular weight is 371 g/mol. The molecule has 2 aromatic heterocycles. The van der Waals surface area contributed by atoms with Crippen molar-refractivity contribution in [2.75, 3.05) is 11.1 Å². The summed E-state index contributed by atoms with van der Waals surface area (Å²) in [6.07, 6.45) is 5.27. The van der Waals surface area contributed by atoms with Crippen LogP contribution in [-0.2, 0) is 4.79 Å². The van der Waals surface area contributed by atoms with Crippen molar-refractivity contribution in [2.45, 2.75) is 37.4 Å². The van der Waals surface area contributed by atoms with E-state index in [1.165, 1.54) is 29.9 Å². The quantitative estimate of drug-likeness (QED) is 0.514. The molecular formula is C15H18N2OS4. The minimum atomic E-state index is 0.0838. The first-order chi connectivity index (χ1) is 10.8. The fourth-order valence-electron chi connectivity index (χ4n) is 2.27. The molecule has 0 radical (unpaired) electrons. The van der Waals surface area contributed by atoms with Crippen molar-refractivity contribution in [2.24, 2.45) is 0 Å². The summed E-state index contributed by atoms with van der Waals surface area (Å²) >= 11 is 3.16. The Hall–Kier alpha value is -0.500. The summed E-state index contributed by atoms with van der Waals surface area (Å²) in [5.74, 6) is 1.37. The zero-order chi connectivity index (χ0) is 15.2. The predicted octanol–water partition coefficient (Wildman–Crippen LogP) is 5.52. The van der Waals surface area contributed by atoms with Crippen molar-refractivity contribution in [3.63, 3.8) is 0 Å². The molecule has 118 valence electrons. The van der Waals surface area contributed by atoms with E-state index in [1.807, 2.05) is 44.5 Å². The van der Waals surface area contributed by atoms with E-state index in [4.69, 9.17) is 0 Å². The number of rotatable bonds is 7. The van der Waals surface area contributed by atoms with Crippen molar-refractivity contribution in [1.29, 1.82) is 0 Å². The largest absolute Gasteiger partial charge is 0.302 e. The van der Waals surface area contributed by atoms with Gasteiger partial charge in [0, 0.05) is 22.8 Å². The summed E-state index contributed by atoms with van der Waals surface area (Å²) < 4.78 is 0. The van der Waals surface area contributed by atoms with Gasteiger partial charge in [0.1, 0.15) is 0 Å². The van der Waals surface area contributed by atoms with Crippen molar-refractivity contribution in [3.8, 4) is 10.6 Å². The third kappa shape index (κ3) is 4.75. The number of hydrogen-bond acceptors (Lipinski definition) is 6. The summed E-state index contributed by atoms with van der Waals surface area (Å²) in [6.45, 7) is 0. The van der Waals surface area contributed by atoms with Crippen LogP contribution in [0.1, 0.15) is 32.1 Å². The molecule has 7 heteroatoms. The number of hydrogen-bond donors (Lipinski definition) is 1. The van der Waals surface area contributed by atoms with E-state index < -0.39 is 0 Å². The molecular weight excluding hydrogens is 352 g/mol. The SMILES string of the molecule is O=C(CCCCC1CCSS1)Nc1nc(-c2cccs2)cs1. The number of thiazole rings is 1. The number of nitrogens with zero attached hydrogens (tertiary/aromatic N) is 1. The lowest BCUT2D eigenvalue weighted by molar-refractivity contribution is -0.116. The number of aromatic nitrogens is 1. The van der Waals surface area contributed by atoms with Crippen LogP contribution in [0.4, 0.5) is 5.13 Å². The molecule has 0 saturated carbocycles. The number of carbonyl (C=O) groups is 1. The highest BCUT2D eigenvalue weighted by molar-refractivity contribution is 8.77. The van der Waals surface area contributed by atoms with Crippen LogP contribution >= 0.6 is 44.3 Å². The molecule has 1 saturated heterocycles. The molecule has 3 nitrogen and oxygen atoms in total. The lowest BCUT2D eigenvalue weighted by atomic mass is 10.1. The molecule has 3 rings (SSSR count). The molecule has 1 amide bonds. The fraction of sp³-hybridized carbons (Fsp3) is 0.467. The zero-order valence-electron chi connectivity index (χ0n) is 12.1. The van der Waals surface area contributed by atoms with E-state index in [0.717, 1.165) is 28.7 Å². The second-order valence-corrected chi connectivity index (χ2v) is 9.73. The first-order valence-corrected chi connectivity index (χ1v) is 11.5. The van der Waals surface area contributed by atoms with Gasteiger partial charge in [-0.1, -0.05) is 34.1 Å². The van der Waals surface area contributed by atoms with Crippen LogP contribution in [0.25, 0.3) is 10.6 Å². The standard InChI is InChI=1S/C15H18N2OS4/c18-14(6-2-1-4-11-7-9-21-22-11)17-15-16-12(10-20-15)13-5-3-8-19-13/h3,5,8,10-11H,1-2,4,6-7,9H2,(H,16,17,18). The smallest absolute Gasteiger partial charge is 0.226 e. The highest BCUT2D eigenvalue weighted by Gasteiger charge is 2.16. The number of carbonyl (C=O) groups excluding carboxylic acids is 1. The van der Waals surface area contributed by atoms with Crippen LogP contribution in [-0.4, -0.2) is 21.9 Å². The van der Waals surface area contributed by atoms with Gasteiger partial charge in [0.15, 0.2) is 5.13 Å². The molecule has 0 bridgehead atoms. The number of nitrogens with one attached hydrogen (secondary N) is 1. The van der Waals surface area contributed by atoms with E-state index in [1.54, 1.807) is 11.3 Å². The maximum absolute atomic E-state index is 12.0. The van der Waals surface area contributed by atoms with Gasteiger partial charge in [-0.15, -0.1) is 22.7 Å². The third-order valence-electron chi connectivity index (χ3n) is 3.43. The molecule has 2 aromatic rings. The predicted molar refractivity (Wildman–Crippen MR) is 101 cm³/mol. The molecule has 3 heterocycles. The second-order valence-electron chi connectivity index (χ2n) is 5.14. The Bertz CT molecular complexity index is 590. The van der Waals surface area contributed by atoms with Gasteiger partial charge in [-0.25, -0.2) is 4.98 Å². The molecule has 0 spiro atoms. The Labute approximate surface area is 146 Å². The van der Waals surface area contributed by atoms with Crippen LogP contribution in [0.5, 0.6) is 0 Å². The minimum Gasteiger partial charge on any atom is -0.302 e. The first-order valence-electron chi connectivity index (χ1n) is 7.39. The van der Waals surface area contributed by atoms with E-state index in [2.05, 4.69) is 10.3 Å². The number of thiophene rings is 1. The maximum Gasteiger partial charge on any atom is 0.226 e. The van der Waals surface area contributed by atoms with Gasteiger partial charge < -0.3 is 5.32 Å². The van der Waals surface area contributed by atoms with Gasteiger partial charge in [-0.3, -0.25) is 4.79 Å². The van der Waals surface area contributed by atoms with Gasteiger partial charge >= 0.3 is 0 Å². The molecule has 0 aromatic carbocycles. The monoisotopic (exact) mass is 370 g/mol. The van der Waals surface area contributed by atoms with Crippen LogP contribution in [0.2, 0.25) is 0 Å². The second kappa shape index (κ2) is 8.38. The number of anilines is 1. The molecule has 1 aliphatic rings. The molecule has 1 N–H and O–H groups in total. The first kappa shape index (κ1) is 16.4. The van der Waals surface area contributed by atoms with Gasteiger partial charge in [0.05, 0.1) is 10.6 Å². The van der Waals surface area contributed by atoms with Crippen molar-refractivity contribution in [3.05, 3.63) is 22.9 Å². The summed E-state index contributed by atoms with van der Waals surface area (Å²) in [5.41, 5.74) is 0.950. The molecule has 1 unspecified atom stereocenters. The normalized spacial score (nSPS) is 17.7. The number of amides is 1. The topological polar surface area (TPSA) is 42.0 Å². The Morgan fingerprint density at radius 3 is 3.09 bits per heavy atom. The fourth-order valence-corrected chi connectivity index (χ4v) is 6.79. The van der Waals surface area contributed by atoms with Crippen molar-refractivity contribution < 1.29 is 4.79 Å². The Morgan fingerprint density at radius 2 is 2.32 bits per heavy atom. The van der Waals surface area contributed by atoms with E-state index in [-0.39, 0.29) is 5.91 Å². The van der Waals surface area contributed by atoms with Crippen LogP contribution < -0.4 is 5.32 Å². The molecule has 1 fully saturated rings. The summed E-state index contributed by atoms with van der Waals surface area (Å²) in [5, 5.41) is 8.46. The van der Waals surface area contributed by atoms with E-state index in [9.17, 15) is 4.79 Å². The van der Waals surface area contributed by atoms with Gasteiger partial charge in [0.25, 0.3) is 0 Å². The molecule has 1 atom stereocenters. The lowest BCUT2D eigenvalue weighted by Gasteiger charge is -2.06. The summed E-state index contributed by atoms with van der Waals surface area (Å²) in [7, 11) is 3.99. The Kier molecular flexibility index (Phi) is 6.23. The average Bonchev–Trinajstić information content (AvgIpc) is 3.24. The van der Waals surface area contributed by atoms with Crippen molar-refractivity contribution >= 4 is 55.3 Å². The molecule has 1 aliphatic heterocycles. The number of unbranched alkanes of at least 4 members (excludes halogenated alkanes) is 1. The minimum absolute atomic E-state index is 0.0838. The van der Waals surface area contributed by atoms with E-state index in [0.29, 0.717) is 11.6 Å². The van der Waals surface area contributed by atoms with E-state index >= 15 is 0 Å². The zero-order valence-corrected chi connectivity index (χ0v) is 15.4. The maximum atomic E-state index is 12.0. The lowest BCUT2D eigenvalue weighted by Crippen LogP contribution is -2.11. The highest BCUT2D eigenvalue weighted by atomic mass is 33.1. The van der Waals surface area contributed by atoms with Crippen LogP contribution in [0, 0.1) is 0 Å². The summed E-state index contributed by atoms with van der Waals surface area (Å²) in [6, 6.07) is 4.06. The van der Waals surface area contributed by atoms with Gasteiger partial charge in [-0.2, -0.15) is 0 Å². The Balaban J connectivity index is 1.38. The van der Waals surface area contributed by atoms with Gasteiger partial charge in [0.2, 0.25) is 5.91 Å². The Morgan fingerprint density at radius 1 is 1.36 bits per heavy atom. The van der Waals surface area contributed by atoms with Crippen molar-refractivity contribution in [1.82, 2.24) is 4.98 Å². The van der Waals surface area contributed by atoms with Crippen LogP contribution in [0.3, 0.4) is 0 Å². The molecule has 22 heavy (non-hydrogen) atoms. The van der Waals surface area contributed by atoms with Gasteiger partial charge in [-0.05, 0) is 30.7 Å². The summed E-state index contributed by atoms with van der Waals surface area (Å²) in [4.78, 5) is 17.6.